The van der Waals surface area contributed by atoms with E-state index in [2.05, 4.69) is 20.6 Å². The molecule has 3 heterocycles. The maximum absolute atomic E-state index is 14.0. The number of benzene rings is 1. The standard InChI is InChI=1S/C22H21ClFIN6O3/c23-17-4-3-14(24)10-13(17)11-31-18(20(32)27-15-5-7-26-8-6-15)19(25)29-21(31)30-9-1-2-16(12-30)28-22(33)34/h3-8,10,16,28H,1-2,9,11-12H2,(H,33,34)(H,26,27,32)/t16-/m1/s1. The number of carboxylic acid groups (broad SMARTS) is 1. The number of hydrogen-bond acceptors (Lipinski definition) is 5. The smallest absolute Gasteiger partial charge is 0.404 e. The summed E-state index contributed by atoms with van der Waals surface area (Å²) in [6.07, 6.45) is 3.49. The highest BCUT2D eigenvalue weighted by atomic mass is 127. The van der Waals surface area contributed by atoms with Crippen LogP contribution in [-0.2, 0) is 6.54 Å². The van der Waals surface area contributed by atoms with Crippen LogP contribution >= 0.6 is 34.2 Å². The molecule has 3 N–H and O–H groups in total. The van der Waals surface area contributed by atoms with E-state index < -0.39 is 11.9 Å². The quantitative estimate of drug-likeness (QED) is 0.367. The molecule has 1 atom stereocenters. The first-order valence-electron chi connectivity index (χ1n) is 10.5. The number of aromatic nitrogens is 3. The molecule has 34 heavy (non-hydrogen) atoms. The second kappa shape index (κ2) is 10.6. The number of carbonyl (C=O) groups is 2. The van der Waals surface area contributed by atoms with Gasteiger partial charge in [-0.2, -0.15) is 0 Å². The van der Waals surface area contributed by atoms with Crippen molar-refractivity contribution in [1.82, 2.24) is 19.9 Å². The molecule has 2 amide bonds. The summed E-state index contributed by atoms with van der Waals surface area (Å²) in [7, 11) is 0. The Bertz CT molecular complexity index is 1210. The first-order chi connectivity index (χ1) is 16.3. The molecule has 1 aromatic carbocycles. The third-order valence-corrected chi connectivity index (χ3v) is 6.55. The van der Waals surface area contributed by atoms with Crippen molar-refractivity contribution < 1.29 is 19.1 Å². The van der Waals surface area contributed by atoms with E-state index in [1.54, 1.807) is 29.1 Å². The van der Waals surface area contributed by atoms with Gasteiger partial charge < -0.3 is 25.2 Å². The zero-order valence-corrected chi connectivity index (χ0v) is 20.8. The first kappa shape index (κ1) is 24.2. The number of anilines is 2. The van der Waals surface area contributed by atoms with Crippen LogP contribution in [0, 0.1) is 9.52 Å². The fourth-order valence-electron chi connectivity index (χ4n) is 3.93. The monoisotopic (exact) mass is 598 g/mol. The molecule has 0 bridgehead atoms. The summed E-state index contributed by atoms with van der Waals surface area (Å²) >= 11 is 8.33. The molecule has 0 unspecified atom stereocenters. The Balaban J connectivity index is 1.73. The number of rotatable bonds is 6. The van der Waals surface area contributed by atoms with E-state index in [-0.39, 0.29) is 18.5 Å². The Kier molecular flexibility index (Phi) is 7.51. The number of halogens is 3. The Hall–Kier alpha value is -2.93. The average Bonchev–Trinajstić information content (AvgIpc) is 3.12. The first-order valence-corrected chi connectivity index (χ1v) is 11.9. The molecule has 0 aliphatic carbocycles. The van der Waals surface area contributed by atoms with E-state index in [0.29, 0.717) is 51.1 Å². The number of pyridine rings is 1. The van der Waals surface area contributed by atoms with Crippen molar-refractivity contribution in [3.63, 3.8) is 0 Å². The summed E-state index contributed by atoms with van der Waals surface area (Å²) in [6.45, 7) is 1.13. The van der Waals surface area contributed by atoms with Gasteiger partial charge in [0.2, 0.25) is 5.95 Å². The van der Waals surface area contributed by atoms with Crippen molar-refractivity contribution in [2.45, 2.75) is 25.4 Å². The predicted molar refractivity (Wildman–Crippen MR) is 134 cm³/mol. The van der Waals surface area contributed by atoms with Crippen molar-refractivity contribution in [2.75, 3.05) is 23.3 Å². The van der Waals surface area contributed by atoms with Gasteiger partial charge in [-0.05, 0) is 71.3 Å². The number of hydrogen-bond donors (Lipinski definition) is 3. The molecule has 0 spiro atoms. The normalized spacial score (nSPS) is 15.7. The van der Waals surface area contributed by atoms with Gasteiger partial charge in [-0.1, -0.05) is 11.6 Å². The Morgan fingerprint density at radius 3 is 2.76 bits per heavy atom. The van der Waals surface area contributed by atoms with Crippen LogP contribution in [0.5, 0.6) is 0 Å². The van der Waals surface area contributed by atoms with Crippen LogP contribution in [-0.4, -0.2) is 50.8 Å². The maximum Gasteiger partial charge on any atom is 0.404 e. The predicted octanol–water partition coefficient (Wildman–Crippen LogP) is 4.21. The van der Waals surface area contributed by atoms with Gasteiger partial charge in [0.05, 0.1) is 6.54 Å². The summed E-state index contributed by atoms with van der Waals surface area (Å²) in [5.74, 6) is -0.345. The third-order valence-electron chi connectivity index (χ3n) is 5.43. The zero-order valence-electron chi connectivity index (χ0n) is 17.8. The minimum atomic E-state index is -1.09. The Labute approximate surface area is 213 Å². The van der Waals surface area contributed by atoms with Crippen molar-refractivity contribution >= 4 is 57.8 Å². The minimum Gasteiger partial charge on any atom is -0.465 e. The highest BCUT2D eigenvalue weighted by Gasteiger charge is 2.29. The van der Waals surface area contributed by atoms with Crippen molar-refractivity contribution in [2.24, 2.45) is 0 Å². The molecule has 9 nitrogen and oxygen atoms in total. The molecule has 0 radical (unpaired) electrons. The molecule has 1 aliphatic heterocycles. The lowest BCUT2D eigenvalue weighted by molar-refractivity contribution is 0.101. The van der Waals surface area contributed by atoms with Crippen LogP contribution in [0.3, 0.4) is 0 Å². The zero-order chi connectivity index (χ0) is 24.2. The lowest BCUT2D eigenvalue weighted by Crippen LogP contribution is -2.48. The highest BCUT2D eigenvalue weighted by molar-refractivity contribution is 14.1. The molecule has 4 rings (SSSR count). The molecule has 12 heteroatoms. The van der Waals surface area contributed by atoms with Crippen molar-refractivity contribution in [3.8, 4) is 0 Å². The van der Waals surface area contributed by atoms with Crippen LogP contribution in [0.25, 0.3) is 0 Å². The van der Waals surface area contributed by atoms with E-state index in [1.165, 1.54) is 18.2 Å². The van der Waals surface area contributed by atoms with E-state index >= 15 is 0 Å². The van der Waals surface area contributed by atoms with Crippen LogP contribution in [0.4, 0.5) is 20.8 Å². The molecular weight excluding hydrogens is 578 g/mol. The largest absolute Gasteiger partial charge is 0.465 e. The molecule has 1 aliphatic rings. The number of carbonyl (C=O) groups excluding carboxylic acids is 1. The van der Waals surface area contributed by atoms with Gasteiger partial charge in [0.1, 0.15) is 15.2 Å². The van der Waals surface area contributed by atoms with E-state index in [0.717, 1.165) is 6.42 Å². The number of piperidine rings is 1. The van der Waals surface area contributed by atoms with E-state index in [4.69, 9.17) is 16.7 Å². The molecular formula is C22H21ClFIN6O3. The summed E-state index contributed by atoms with van der Waals surface area (Å²) < 4.78 is 16.1. The minimum absolute atomic E-state index is 0.106. The number of nitrogens with zero attached hydrogens (tertiary/aromatic N) is 4. The van der Waals surface area contributed by atoms with Crippen molar-refractivity contribution in [1.29, 1.82) is 0 Å². The Morgan fingerprint density at radius 2 is 2.03 bits per heavy atom. The lowest BCUT2D eigenvalue weighted by atomic mass is 10.1. The summed E-state index contributed by atoms with van der Waals surface area (Å²) in [4.78, 5) is 35.0. The Morgan fingerprint density at radius 1 is 1.26 bits per heavy atom. The molecule has 1 fully saturated rings. The summed E-state index contributed by atoms with van der Waals surface area (Å²) in [6, 6.07) is 7.13. The number of imidazole rings is 1. The molecule has 1 saturated heterocycles. The number of amides is 2. The van der Waals surface area contributed by atoms with Crippen LogP contribution in [0.1, 0.15) is 28.9 Å². The second-order valence-electron chi connectivity index (χ2n) is 7.80. The summed E-state index contributed by atoms with van der Waals surface area (Å²) in [5, 5.41) is 14.9. The molecule has 0 saturated carbocycles. The molecule has 3 aromatic rings. The van der Waals surface area contributed by atoms with Crippen LogP contribution in [0.2, 0.25) is 5.02 Å². The van der Waals surface area contributed by atoms with Crippen LogP contribution < -0.4 is 15.5 Å². The van der Waals surface area contributed by atoms with Gasteiger partial charge in [-0.25, -0.2) is 14.2 Å². The van der Waals surface area contributed by atoms with Gasteiger partial charge in [-0.3, -0.25) is 9.78 Å². The fraction of sp³-hybridized carbons (Fsp3) is 0.273. The molecule has 178 valence electrons. The van der Waals surface area contributed by atoms with Gasteiger partial charge >= 0.3 is 6.09 Å². The van der Waals surface area contributed by atoms with Gasteiger partial charge in [0.25, 0.3) is 5.91 Å². The molecule has 2 aromatic heterocycles. The van der Waals surface area contributed by atoms with Gasteiger partial charge in [0.15, 0.2) is 0 Å². The van der Waals surface area contributed by atoms with Crippen LogP contribution in [0.15, 0.2) is 42.7 Å². The van der Waals surface area contributed by atoms with E-state index in [1.807, 2.05) is 27.5 Å². The second-order valence-corrected chi connectivity index (χ2v) is 9.23. The fourth-order valence-corrected chi connectivity index (χ4v) is 4.86. The maximum atomic E-state index is 14.0. The highest BCUT2D eigenvalue weighted by Crippen LogP contribution is 2.28. The topological polar surface area (TPSA) is 112 Å². The number of nitrogens with one attached hydrogen (secondary N) is 2. The van der Waals surface area contributed by atoms with Gasteiger partial charge in [-0.15, -0.1) is 0 Å². The SMILES string of the molecule is O=C(O)N[C@@H]1CCCN(c2nc(I)c(C(=O)Nc3ccncc3)n2Cc2cc(F)ccc2Cl)C1. The van der Waals surface area contributed by atoms with Crippen molar-refractivity contribution in [3.05, 3.63) is 68.5 Å². The van der Waals surface area contributed by atoms with E-state index in [9.17, 15) is 14.0 Å². The average molecular weight is 599 g/mol. The van der Waals surface area contributed by atoms with Gasteiger partial charge in [0, 0.05) is 42.2 Å². The summed E-state index contributed by atoms with van der Waals surface area (Å²) in [5.41, 5.74) is 1.35. The lowest BCUT2D eigenvalue weighted by Gasteiger charge is -2.33. The third kappa shape index (κ3) is 5.58.